The maximum absolute atomic E-state index is 14.5. The summed E-state index contributed by atoms with van der Waals surface area (Å²) in [6.07, 6.45) is 2.80. The van der Waals surface area contributed by atoms with E-state index in [1.165, 1.54) is 9.80 Å². The molecule has 3 heterocycles. The number of nitrogens with one attached hydrogen (secondary N) is 6. The Hall–Kier alpha value is -5.75. The predicted octanol–water partition coefficient (Wildman–Crippen LogP) is 0.591. The highest BCUT2D eigenvalue weighted by atomic mass is 16.2. The van der Waals surface area contributed by atoms with Crippen molar-refractivity contribution < 1.29 is 38.4 Å². The predicted molar refractivity (Wildman–Crippen MR) is 250 cm³/mol. The molecule has 4 rings (SSSR count). The molecule has 0 unspecified atom stereocenters. The lowest BCUT2D eigenvalue weighted by Crippen LogP contribution is -2.63. The highest BCUT2D eigenvalue weighted by molar-refractivity contribution is 5.99. The second-order valence-corrected chi connectivity index (χ2v) is 19.2. The quantitative estimate of drug-likeness (QED) is 0.0821. The van der Waals surface area contributed by atoms with Crippen molar-refractivity contribution >= 4 is 53.2 Å². The Morgan fingerprint density at radius 1 is 0.621 bits per heavy atom. The van der Waals surface area contributed by atoms with E-state index in [2.05, 4.69) is 36.9 Å². The third-order valence-corrected chi connectivity index (χ3v) is 12.8. The molecule has 8 amide bonds. The molecule has 0 aromatic heterocycles. The van der Waals surface area contributed by atoms with Gasteiger partial charge in [-0.15, -0.1) is 0 Å². The monoisotopic (exact) mass is 922 g/mol. The summed E-state index contributed by atoms with van der Waals surface area (Å²) >= 11 is 0. The molecule has 3 aliphatic rings. The van der Waals surface area contributed by atoms with Gasteiger partial charge in [0.15, 0.2) is 5.96 Å². The van der Waals surface area contributed by atoms with Crippen LogP contribution in [0.15, 0.2) is 35.3 Å². The second-order valence-electron chi connectivity index (χ2n) is 19.2. The lowest BCUT2D eigenvalue weighted by Gasteiger charge is -2.34. The molecule has 3 saturated heterocycles. The van der Waals surface area contributed by atoms with E-state index in [1.807, 2.05) is 26.8 Å². The van der Waals surface area contributed by atoms with Crippen molar-refractivity contribution in [2.24, 2.45) is 40.1 Å². The highest BCUT2D eigenvalue weighted by Crippen LogP contribution is 2.27. The van der Waals surface area contributed by atoms with Crippen LogP contribution in [-0.2, 0) is 44.8 Å². The molecule has 19 heteroatoms. The van der Waals surface area contributed by atoms with Crippen molar-refractivity contribution in [2.75, 3.05) is 19.6 Å². The average Bonchev–Trinajstić information content (AvgIpc) is 3.97. The number of carbonyl (C=O) groups excluding carboxylic acids is 8. The van der Waals surface area contributed by atoms with Gasteiger partial charge in [-0.2, -0.15) is 0 Å². The van der Waals surface area contributed by atoms with E-state index in [4.69, 9.17) is 11.5 Å². The lowest BCUT2D eigenvalue weighted by molar-refractivity contribution is -0.148. The molecule has 1 aromatic rings. The van der Waals surface area contributed by atoms with Crippen LogP contribution in [0.5, 0.6) is 0 Å². The standard InChI is InChI=1S/C47H75N11O8/c1-9-29(8)38-44(64)55-37(28(6)7)43(63)53-33(24-26(2)3)45(65)58-23-15-20-35(58)46(66)57-22-14-19-34(57)41(61)51-31(18-13-21-50-47(48)49)39(59)54-36(27(4)5)42(62)52-32(40(60)56-38)25-30-16-11-10-12-17-30/h10-12,16-17,26-29,31-38H,9,13-15,18-25H2,1-8H3,(H,51,61)(H,52,62)(H,53,63)(H,54,59)(H,55,64)(H,56,60)(H4,48,49,50)/t29-,31-,32-,33-,34-,35-,36-,37-,38-/m0/s1. The van der Waals surface area contributed by atoms with Crippen molar-refractivity contribution in [2.45, 2.75) is 162 Å². The van der Waals surface area contributed by atoms with Gasteiger partial charge in [-0.05, 0) is 74.2 Å². The fourth-order valence-electron chi connectivity index (χ4n) is 8.82. The van der Waals surface area contributed by atoms with Crippen LogP contribution in [0.25, 0.3) is 0 Å². The first kappa shape index (κ1) is 52.9. The number of hydrogen-bond acceptors (Lipinski definition) is 9. The van der Waals surface area contributed by atoms with E-state index in [-0.39, 0.29) is 57.2 Å². The number of carbonyl (C=O) groups is 8. The van der Waals surface area contributed by atoms with E-state index in [0.717, 1.165) is 0 Å². The summed E-state index contributed by atoms with van der Waals surface area (Å²) in [7, 11) is 0. The molecule has 366 valence electrons. The SMILES string of the molecule is CC[C@H](C)[C@@H]1NC(=O)[C@H](Cc2ccccc2)NC(=O)[C@H](C(C)C)NC(=O)[C@H](CCCN=C(N)N)NC(=O)[C@@H]2CCCN2C(=O)[C@@H]2CCCN2C(=O)[C@H](CC(C)C)NC(=O)[C@H](C(C)C)NC1=O. The van der Waals surface area contributed by atoms with Crippen molar-refractivity contribution in [3.63, 3.8) is 0 Å². The number of guanidine groups is 1. The van der Waals surface area contributed by atoms with E-state index in [9.17, 15) is 38.4 Å². The van der Waals surface area contributed by atoms with Gasteiger partial charge in [-0.3, -0.25) is 43.3 Å². The fourth-order valence-corrected chi connectivity index (χ4v) is 8.82. The van der Waals surface area contributed by atoms with E-state index >= 15 is 0 Å². The van der Waals surface area contributed by atoms with Gasteiger partial charge in [0.2, 0.25) is 47.3 Å². The minimum absolute atomic E-state index is 0.0340. The molecule has 1 aromatic carbocycles. The first-order valence-electron chi connectivity index (χ1n) is 23.8. The Morgan fingerprint density at radius 2 is 1.12 bits per heavy atom. The Labute approximate surface area is 389 Å². The summed E-state index contributed by atoms with van der Waals surface area (Å²) in [5.41, 5.74) is 11.8. The Balaban J connectivity index is 1.81. The molecule has 10 N–H and O–H groups in total. The van der Waals surface area contributed by atoms with Gasteiger partial charge in [0.25, 0.3) is 0 Å². The maximum atomic E-state index is 14.5. The maximum Gasteiger partial charge on any atom is 0.246 e. The summed E-state index contributed by atoms with van der Waals surface area (Å²) < 4.78 is 0. The number of fused-ring (bicyclic) bond motifs is 2. The smallest absolute Gasteiger partial charge is 0.246 e. The van der Waals surface area contributed by atoms with Crippen LogP contribution in [0, 0.1) is 23.7 Å². The molecule has 9 atom stereocenters. The van der Waals surface area contributed by atoms with Gasteiger partial charge >= 0.3 is 0 Å². The number of nitrogens with two attached hydrogens (primary N) is 2. The molecule has 0 saturated carbocycles. The number of nitrogens with zero attached hydrogens (tertiary/aromatic N) is 3. The van der Waals surface area contributed by atoms with Crippen LogP contribution < -0.4 is 43.4 Å². The van der Waals surface area contributed by atoms with Crippen LogP contribution in [0.2, 0.25) is 0 Å². The summed E-state index contributed by atoms with van der Waals surface area (Å²) in [6.45, 7) is 15.1. The van der Waals surface area contributed by atoms with Gasteiger partial charge in [0, 0.05) is 26.1 Å². The molecular weight excluding hydrogens is 847 g/mol. The fraction of sp³-hybridized carbons (Fsp3) is 0.681. The number of aliphatic imine (C=N–C) groups is 1. The Morgan fingerprint density at radius 3 is 1.68 bits per heavy atom. The topological polar surface area (TPSA) is 280 Å². The molecule has 0 bridgehead atoms. The molecule has 0 aliphatic carbocycles. The molecule has 3 aliphatic heterocycles. The summed E-state index contributed by atoms with van der Waals surface area (Å²) in [5.74, 6) is -6.18. The summed E-state index contributed by atoms with van der Waals surface area (Å²) in [6, 6.07) is 0.305. The lowest BCUT2D eigenvalue weighted by atomic mass is 9.95. The zero-order chi connectivity index (χ0) is 48.8. The zero-order valence-electron chi connectivity index (χ0n) is 40.1. The number of rotatable bonds is 12. The molecule has 19 nitrogen and oxygen atoms in total. The van der Waals surface area contributed by atoms with Crippen LogP contribution in [0.1, 0.15) is 112 Å². The largest absolute Gasteiger partial charge is 0.370 e. The first-order chi connectivity index (χ1) is 31.2. The van der Waals surface area contributed by atoms with Gasteiger partial charge in [-0.1, -0.05) is 92.1 Å². The number of benzene rings is 1. The number of hydrogen-bond donors (Lipinski definition) is 8. The average molecular weight is 922 g/mol. The molecular formula is C47H75N11O8. The van der Waals surface area contributed by atoms with Gasteiger partial charge in [-0.25, -0.2) is 0 Å². The van der Waals surface area contributed by atoms with Crippen LogP contribution >= 0.6 is 0 Å². The summed E-state index contributed by atoms with van der Waals surface area (Å²) in [4.78, 5) is 122. The normalized spacial score (nSPS) is 27.3. The minimum atomic E-state index is -1.22. The van der Waals surface area contributed by atoms with Crippen LogP contribution in [0.4, 0.5) is 0 Å². The summed E-state index contributed by atoms with van der Waals surface area (Å²) in [5, 5.41) is 17.1. The highest BCUT2D eigenvalue weighted by Gasteiger charge is 2.45. The molecule has 0 spiro atoms. The third-order valence-electron chi connectivity index (χ3n) is 12.8. The molecule has 3 fully saturated rings. The number of amides is 8. The van der Waals surface area contributed by atoms with E-state index in [1.54, 1.807) is 58.9 Å². The van der Waals surface area contributed by atoms with Crippen molar-refractivity contribution in [1.82, 2.24) is 41.7 Å². The van der Waals surface area contributed by atoms with E-state index in [0.29, 0.717) is 37.7 Å². The van der Waals surface area contributed by atoms with Crippen LogP contribution in [0.3, 0.4) is 0 Å². The molecule has 0 radical (unpaired) electrons. The Bertz CT molecular complexity index is 1910. The molecule has 66 heavy (non-hydrogen) atoms. The van der Waals surface area contributed by atoms with Gasteiger partial charge in [0.05, 0.1) is 0 Å². The van der Waals surface area contributed by atoms with Crippen molar-refractivity contribution in [3.05, 3.63) is 35.9 Å². The second kappa shape index (κ2) is 24.7. The van der Waals surface area contributed by atoms with Crippen molar-refractivity contribution in [3.8, 4) is 0 Å². The minimum Gasteiger partial charge on any atom is -0.370 e. The van der Waals surface area contributed by atoms with E-state index < -0.39 is 113 Å². The van der Waals surface area contributed by atoms with Crippen molar-refractivity contribution in [1.29, 1.82) is 0 Å². The van der Waals surface area contributed by atoms with Crippen LogP contribution in [-0.4, -0.2) is 131 Å². The zero-order valence-corrected chi connectivity index (χ0v) is 40.1. The van der Waals surface area contributed by atoms with Gasteiger partial charge < -0.3 is 53.2 Å². The first-order valence-corrected chi connectivity index (χ1v) is 23.8. The third kappa shape index (κ3) is 14.4. The Kier molecular flexibility index (Phi) is 19.8. The van der Waals surface area contributed by atoms with Gasteiger partial charge in [0.1, 0.15) is 48.3 Å².